The molecule has 0 radical (unpaired) electrons. The van der Waals surface area contributed by atoms with Gasteiger partial charge in [0.05, 0.1) is 23.9 Å². The Kier molecular flexibility index (Phi) is 7.31. The van der Waals surface area contributed by atoms with E-state index in [2.05, 4.69) is 10.3 Å². The molecule has 1 unspecified atom stereocenters. The summed E-state index contributed by atoms with van der Waals surface area (Å²) in [5, 5.41) is 12.4. The van der Waals surface area contributed by atoms with Crippen molar-refractivity contribution < 1.29 is 29.1 Å². The Morgan fingerprint density at radius 1 is 1.06 bits per heavy atom. The van der Waals surface area contributed by atoms with Crippen LogP contribution in [0.3, 0.4) is 0 Å². The number of nitrogens with one attached hydrogen (secondary N) is 2. The number of ether oxygens (including phenoxy) is 2. The van der Waals surface area contributed by atoms with Crippen molar-refractivity contribution in [3.8, 4) is 0 Å². The first-order valence-corrected chi connectivity index (χ1v) is 10.7. The van der Waals surface area contributed by atoms with Crippen LogP contribution in [0.1, 0.15) is 12.0 Å². The summed E-state index contributed by atoms with van der Waals surface area (Å²) in [6.45, 7) is -0.302. The molecule has 176 valence electrons. The molecule has 0 bridgehead atoms. The second-order valence-corrected chi connectivity index (χ2v) is 7.78. The quantitative estimate of drug-likeness (QED) is 0.362. The third kappa shape index (κ3) is 5.48. The minimum Gasteiger partial charge on any atom is -0.445 e. The Hall–Kier alpha value is -4.02. The molecule has 3 amide bonds. The molecular weight excluding hydrogens is 440 g/mol. The number of likely N-dealkylation sites (tertiary alicyclic amines) is 1. The van der Waals surface area contributed by atoms with Crippen LogP contribution < -0.4 is 10.8 Å². The molecule has 34 heavy (non-hydrogen) atoms. The van der Waals surface area contributed by atoms with E-state index in [1.165, 1.54) is 10.4 Å². The zero-order valence-electron chi connectivity index (χ0n) is 18.2. The lowest BCUT2D eigenvalue weighted by molar-refractivity contribution is -0.135. The molecule has 3 N–H and O–H groups in total. The molecule has 1 aliphatic rings. The van der Waals surface area contributed by atoms with E-state index in [0.29, 0.717) is 11.2 Å². The van der Waals surface area contributed by atoms with E-state index in [0.717, 1.165) is 10.9 Å². The third-order valence-corrected chi connectivity index (χ3v) is 5.47. The first-order valence-electron chi connectivity index (χ1n) is 10.7. The predicted octanol–water partition coefficient (Wildman–Crippen LogP) is 2.47. The van der Waals surface area contributed by atoms with Gasteiger partial charge in [-0.3, -0.25) is 24.7 Å². The van der Waals surface area contributed by atoms with Crippen molar-refractivity contribution in [2.45, 2.75) is 25.2 Å². The Morgan fingerprint density at radius 3 is 2.65 bits per heavy atom. The minimum absolute atomic E-state index is 0.0518. The van der Waals surface area contributed by atoms with Gasteiger partial charge in [0.25, 0.3) is 5.91 Å². The van der Waals surface area contributed by atoms with Crippen molar-refractivity contribution >= 4 is 34.5 Å². The molecule has 2 atom stereocenters. The van der Waals surface area contributed by atoms with Gasteiger partial charge in [0.1, 0.15) is 19.3 Å². The maximum atomic E-state index is 13.2. The number of nitrogens with zero attached hydrogens (tertiary/aromatic N) is 2. The lowest BCUT2D eigenvalue weighted by atomic mass is 10.1. The molecule has 1 aliphatic heterocycles. The standard InChI is InChI=1S/C24H24N4O6/c29-21(27-32)15-33-18-12-20(28(13-18)24(31)34-14-16-6-2-1-3-7-16)23(30)26-19-10-4-8-17-9-5-11-25-22(17)19/h1-11,18,20,32H,12-15H2,(H,26,30)(H,27,29)/t18-,20?/m1/s1. The van der Waals surface area contributed by atoms with Gasteiger partial charge in [0.15, 0.2) is 0 Å². The summed E-state index contributed by atoms with van der Waals surface area (Å²) in [5.74, 6) is -1.15. The second kappa shape index (κ2) is 10.7. The normalized spacial score (nSPS) is 17.4. The smallest absolute Gasteiger partial charge is 0.410 e. The van der Waals surface area contributed by atoms with E-state index in [4.69, 9.17) is 14.7 Å². The van der Waals surface area contributed by atoms with Crippen LogP contribution in [0.2, 0.25) is 0 Å². The van der Waals surface area contributed by atoms with Crippen LogP contribution in [-0.2, 0) is 25.7 Å². The fraction of sp³-hybridized carbons (Fsp3) is 0.250. The van der Waals surface area contributed by atoms with Gasteiger partial charge in [-0.1, -0.05) is 48.5 Å². The number of benzene rings is 2. The lowest BCUT2D eigenvalue weighted by Gasteiger charge is -2.23. The second-order valence-electron chi connectivity index (χ2n) is 7.78. The Labute approximate surface area is 195 Å². The SMILES string of the molecule is O=C(CO[C@@H]1CC(C(=O)Nc2cccc3cccnc23)N(C(=O)OCc2ccccc2)C1)NO. The largest absolute Gasteiger partial charge is 0.445 e. The van der Waals surface area contributed by atoms with Crippen LogP contribution in [0.4, 0.5) is 10.5 Å². The first kappa shape index (κ1) is 23.1. The van der Waals surface area contributed by atoms with Gasteiger partial charge in [-0.05, 0) is 17.7 Å². The highest BCUT2D eigenvalue weighted by Gasteiger charge is 2.41. The monoisotopic (exact) mass is 464 g/mol. The molecule has 1 saturated heterocycles. The number of aromatic nitrogens is 1. The Balaban J connectivity index is 1.49. The highest BCUT2D eigenvalue weighted by atomic mass is 16.6. The third-order valence-electron chi connectivity index (χ3n) is 5.47. The van der Waals surface area contributed by atoms with E-state index in [9.17, 15) is 14.4 Å². The van der Waals surface area contributed by atoms with Gasteiger partial charge < -0.3 is 14.8 Å². The van der Waals surface area contributed by atoms with Crippen LogP contribution in [0.15, 0.2) is 66.9 Å². The van der Waals surface area contributed by atoms with Crippen LogP contribution in [-0.4, -0.2) is 58.3 Å². The van der Waals surface area contributed by atoms with Crippen LogP contribution in [0, 0.1) is 0 Å². The molecule has 1 fully saturated rings. The molecule has 2 heterocycles. The number of amides is 3. The molecular formula is C24H24N4O6. The van der Waals surface area contributed by atoms with E-state index in [1.54, 1.807) is 24.4 Å². The molecule has 0 spiro atoms. The van der Waals surface area contributed by atoms with Crippen molar-refractivity contribution in [3.63, 3.8) is 0 Å². The maximum Gasteiger partial charge on any atom is 0.410 e. The summed E-state index contributed by atoms with van der Waals surface area (Å²) in [6, 6.07) is 17.4. The summed E-state index contributed by atoms with van der Waals surface area (Å²) in [4.78, 5) is 43.1. The number of pyridine rings is 1. The zero-order valence-corrected chi connectivity index (χ0v) is 18.2. The van der Waals surface area contributed by atoms with Crippen molar-refractivity contribution in [1.82, 2.24) is 15.4 Å². The zero-order chi connectivity index (χ0) is 23.9. The molecule has 4 rings (SSSR count). The summed E-state index contributed by atoms with van der Waals surface area (Å²) >= 11 is 0. The Morgan fingerprint density at radius 2 is 1.85 bits per heavy atom. The van der Waals surface area contributed by atoms with Crippen LogP contribution in [0.5, 0.6) is 0 Å². The summed E-state index contributed by atoms with van der Waals surface area (Å²) in [5.41, 5.74) is 3.45. The van der Waals surface area contributed by atoms with Crippen molar-refractivity contribution in [2.24, 2.45) is 0 Å². The van der Waals surface area contributed by atoms with E-state index < -0.39 is 36.7 Å². The number of carbonyl (C=O) groups excluding carboxylic acids is 3. The van der Waals surface area contributed by atoms with Gasteiger partial charge in [0, 0.05) is 18.0 Å². The molecule has 2 aromatic carbocycles. The summed E-state index contributed by atoms with van der Waals surface area (Å²) in [6.07, 6.45) is 0.529. The van der Waals surface area contributed by atoms with Crippen LogP contribution in [0.25, 0.3) is 10.9 Å². The number of hydrogen-bond acceptors (Lipinski definition) is 7. The highest BCUT2D eigenvalue weighted by molar-refractivity contribution is 6.03. The molecule has 0 saturated carbocycles. The summed E-state index contributed by atoms with van der Waals surface area (Å²) in [7, 11) is 0. The molecule has 10 nitrogen and oxygen atoms in total. The summed E-state index contributed by atoms with van der Waals surface area (Å²) < 4.78 is 10.9. The average Bonchev–Trinajstić information content (AvgIpc) is 3.31. The number of hydroxylamine groups is 1. The first-order chi connectivity index (χ1) is 16.5. The molecule has 3 aromatic rings. The number of carbonyl (C=O) groups is 3. The van der Waals surface area contributed by atoms with E-state index >= 15 is 0 Å². The van der Waals surface area contributed by atoms with E-state index in [-0.39, 0.29) is 19.6 Å². The lowest BCUT2D eigenvalue weighted by Crippen LogP contribution is -2.43. The number of rotatable bonds is 7. The van der Waals surface area contributed by atoms with Crippen molar-refractivity contribution in [3.05, 3.63) is 72.4 Å². The highest BCUT2D eigenvalue weighted by Crippen LogP contribution is 2.26. The number of fused-ring (bicyclic) bond motifs is 1. The van der Waals surface area contributed by atoms with Gasteiger partial charge in [-0.2, -0.15) is 0 Å². The average molecular weight is 464 g/mol. The molecule has 1 aromatic heterocycles. The molecule has 10 heteroatoms. The van der Waals surface area contributed by atoms with E-state index in [1.807, 2.05) is 42.5 Å². The van der Waals surface area contributed by atoms with Gasteiger partial charge in [-0.15, -0.1) is 0 Å². The van der Waals surface area contributed by atoms with Gasteiger partial charge in [0.2, 0.25) is 5.91 Å². The van der Waals surface area contributed by atoms with Crippen molar-refractivity contribution in [1.29, 1.82) is 0 Å². The number of hydrogen-bond donors (Lipinski definition) is 3. The fourth-order valence-corrected chi connectivity index (χ4v) is 3.82. The fourth-order valence-electron chi connectivity index (χ4n) is 3.82. The van der Waals surface area contributed by atoms with Crippen molar-refractivity contribution in [2.75, 3.05) is 18.5 Å². The number of anilines is 1. The molecule has 0 aliphatic carbocycles. The van der Waals surface area contributed by atoms with Gasteiger partial charge >= 0.3 is 6.09 Å². The Bertz CT molecular complexity index is 1170. The van der Waals surface area contributed by atoms with Gasteiger partial charge in [-0.25, -0.2) is 10.3 Å². The minimum atomic E-state index is -0.885. The number of para-hydroxylation sites is 1. The topological polar surface area (TPSA) is 130 Å². The maximum absolute atomic E-state index is 13.2. The van der Waals surface area contributed by atoms with Crippen LogP contribution >= 0.6 is 0 Å². The predicted molar refractivity (Wildman–Crippen MR) is 122 cm³/mol.